The average Bonchev–Trinajstić information content (AvgIpc) is 2.95. The predicted octanol–water partition coefficient (Wildman–Crippen LogP) is 3.65. The number of aromatic nitrogens is 4. The molecule has 0 spiro atoms. The first-order chi connectivity index (χ1) is 12.9. The van der Waals surface area contributed by atoms with Crippen LogP contribution in [0.2, 0.25) is 5.02 Å². The van der Waals surface area contributed by atoms with Gasteiger partial charge in [-0.05, 0) is 34.7 Å². The first kappa shape index (κ1) is 19.3. The smallest absolute Gasteiger partial charge is 0.368 e. The van der Waals surface area contributed by atoms with Gasteiger partial charge in [0.05, 0.1) is 10.7 Å². The van der Waals surface area contributed by atoms with Crippen molar-refractivity contribution in [2.75, 3.05) is 0 Å². The summed E-state index contributed by atoms with van der Waals surface area (Å²) in [6.07, 6.45) is 0. The third-order valence-electron chi connectivity index (χ3n) is 3.54. The topological polar surface area (TPSA) is 61.9 Å². The van der Waals surface area contributed by atoms with Crippen LogP contribution in [0.5, 0.6) is 5.75 Å². The van der Waals surface area contributed by atoms with Gasteiger partial charge in [-0.15, -0.1) is 0 Å². The monoisotopic (exact) mass is 416 g/mol. The predicted molar refractivity (Wildman–Crippen MR) is 94.2 cm³/mol. The zero-order chi connectivity index (χ0) is 19.6. The van der Waals surface area contributed by atoms with Crippen LogP contribution in [0.15, 0.2) is 46.1 Å². The zero-order valence-corrected chi connectivity index (χ0v) is 15.3. The number of aryl methyl sites for hydroxylation is 1. The van der Waals surface area contributed by atoms with Crippen LogP contribution in [0.4, 0.5) is 13.2 Å². The Kier molecular flexibility index (Phi) is 5.76. The minimum Gasteiger partial charge on any atom is -0.487 e. The number of rotatable bonds is 6. The van der Waals surface area contributed by atoms with Crippen LogP contribution in [0, 0.1) is 5.82 Å². The fourth-order valence-electron chi connectivity index (χ4n) is 2.31. The van der Waals surface area contributed by atoms with Gasteiger partial charge in [0.1, 0.15) is 18.2 Å². The lowest BCUT2D eigenvalue weighted by Gasteiger charge is -2.15. The van der Waals surface area contributed by atoms with E-state index in [4.69, 9.17) is 16.3 Å². The number of hydrogen-bond donors (Lipinski definition) is 0. The van der Waals surface area contributed by atoms with Crippen LogP contribution in [-0.4, -0.2) is 25.5 Å². The highest BCUT2D eigenvalue weighted by atomic mass is 35.5. The van der Waals surface area contributed by atoms with E-state index in [0.29, 0.717) is 11.8 Å². The maximum absolute atomic E-state index is 13.4. The largest absolute Gasteiger partial charge is 0.487 e. The first-order valence-corrected chi connectivity index (χ1v) is 8.76. The second-order valence-electron chi connectivity index (χ2n) is 5.29. The number of thioether (sulfide) groups is 1. The molecule has 0 aliphatic carbocycles. The van der Waals surface area contributed by atoms with Gasteiger partial charge in [-0.1, -0.05) is 29.4 Å². The Bertz CT molecular complexity index is 1030. The average molecular weight is 417 g/mol. The van der Waals surface area contributed by atoms with E-state index in [-0.39, 0.29) is 33.5 Å². The van der Waals surface area contributed by atoms with Gasteiger partial charge in [0, 0.05) is 23.6 Å². The van der Waals surface area contributed by atoms with Crippen molar-refractivity contribution < 1.29 is 17.9 Å². The summed E-state index contributed by atoms with van der Waals surface area (Å²) in [4.78, 5) is 12.3. The normalized spacial score (nSPS) is 11.2. The lowest BCUT2D eigenvalue weighted by Crippen LogP contribution is -2.23. The quantitative estimate of drug-likeness (QED) is 0.574. The fraction of sp³-hybridized carbons (Fsp3) is 0.188. The van der Waals surface area contributed by atoms with Gasteiger partial charge in [0.15, 0.2) is 0 Å². The van der Waals surface area contributed by atoms with Crippen LogP contribution >= 0.6 is 23.4 Å². The van der Waals surface area contributed by atoms with E-state index in [9.17, 15) is 18.0 Å². The number of nitrogens with zero attached hydrogens (tertiary/aromatic N) is 4. The van der Waals surface area contributed by atoms with Crippen LogP contribution < -0.4 is 10.4 Å². The maximum Gasteiger partial charge on any atom is 0.368 e. The number of hydrogen-bond acceptors (Lipinski definition) is 5. The Balaban J connectivity index is 2.04. The Morgan fingerprint density at radius 3 is 2.70 bits per heavy atom. The van der Waals surface area contributed by atoms with Crippen LogP contribution in [0.1, 0.15) is 5.56 Å². The molecule has 0 saturated carbocycles. The number of halogens is 4. The van der Waals surface area contributed by atoms with Crippen molar-refractivity contribution in [1.82, 2.24) is 19.8 Å². The van der Waals surface area contributed by atoms with E-state index >= 15 is 0 Å². The minimum absolute atomic E-state index is 0.0472. The van der Waals surface area contributed by atoms with Gasteiger partial charge in [0.2, 0.25) is 0 Å². The van der Waals surface area contributed by atoms with Crippen LogP contribution in [0.3, 0.4) is 0 Å². The maximum atomic E-state index is 13.4. The molecule has 1 heterocycles. The lowest BCUT2D eigenvalue weighted by molar-refractivity contribution is 0.251. The van der Waals surface area contributed by atoms with Crippen molar-refractivity contribution in [2.45, 2.75) is 17.3 Å². The molecule has 142 valence electrons. The van der Waals surface area contributed by atoms with Gasteiger partial charge in [-0.3, -0.25) is 0 Å². The van der Waals surface area contributed by atoms with Crippen LogP contribution in [-0.2, 0) is 13.7 Å². The van der Waals surface area contributed by atoms with E-state index in [1.807, 2.05) is 0 Å². The summed E-state index contributed by atoms with van der Waals surface area (Å²) in [6, 6.07) is 8.07. The molecule has 11 heteroatoms. The summed E-state index contributed by atoms with van der Waals surface area (Å²) in [5.74, 6) is -3.20. The van der Waals surface area contributed by atoms with E-state index in [1.165, 1.54) is 37.4 Å². The molecule has 0 atom stereocenters. The van der Waals surface area contributed by atoms with E-state index in [2.05, 4.69) is 10.4 Å². The molecule has 0 bridgehead atoms. The summed E-state index contributed by atoms with van der Waals surface area (Å²) in [5, 5.41) is 7.51. The molecule has 3 aromatic rings. The van der Waals surface area contributed by atoms with Crippen molar-refractivity contribution in [3.8, 4) is 11.4 Å². The Morgan fingerprint density at radius 2 is 2.04 bits per heavy atom. The minimum atomic E-state index is -2.68. The fourth-order valence-corrected chi connectivity index (χ4v) is 3.13. The van der Waals surface area contributed by atoms with E-state index in [1.54, 1.807) is 0 Å². The Hall–Kier alpha value is -2.46. The van der Waals surface area contributed by atoms with Crippen molar-refractivity contribution >= 4 is 23.4 Å². The molecule has 0 N–H and O–H groups in total. The highest BCUT2D eigenvalue weighted by Crippen LogP contribution is 2.33. The number of tetrazole rings is 1. The Morgan fingerprint density at radius 1 is 1.26 bits per heavy atom. The molecule has 0 saturated heterocycles. The highest BCUT2D eigenvalue weighted by molar-refractivity contribution is 7.99. The standard InChI is InChI=1S/C16H12ClF3N4O2S/c1-23-16(25)24(22-21-23)12-3-2-4-14(27-15(19)20)10(12)8-26-13-7-9(18)5-6-11(13)17/h2-7,15H,8H2,1H3. The van der Waals surface area contributed by atoms with Gasteiger partial charge >= 0.3 is 5.69 Å². The summed E-state index contributed by atoms with van der Waals surface area (Å²) in [5.41, 5.74) is -0.0590. The third-order valence-corrected chi connectivity index (χ3v) is 4.67. The molecule has 0 radical (unpaired) electrons. The number of benzene rings is 2. The summed E-state index contributed by atoms with van der Waals surface area (Å²) in [7, 11) is 1.41. The SMILES string of the molecule is Cn1nnn(-c2cccc(SC(F)F)c2COc2cc(F)ccc2Cl)c1=O. The zero-order valence-electron chi connectivity index (χ0n) is 13.8. The first-order valence-electron chi connectivity index (χ1n) is 7.50. The lowest BCUT2D eigenvalue weighted by atomic mass is 10.2. The van der Waals surface area contributed by atoms with E-state index < -0.39 is 17.3 Å². The molecule has 1 aromatic heterocycles. The Labute approximate surface area is 160 Å². The highest BCUT2D eigenvalue weighted by Gasteiger charge is 2.18. The molecule has 6 nitrogen and oxygen atoms in total. The van der Waals surface area contributed by atoms with Crippen molar-refractivity contribution in [1.29, 1.82) is 0 Å². The molecule has 0 fully saturated rings. The molecule has 0 unspecified atom stereocenters. The molecule has 0 amide bonds. The van der Waals surface area contributed by atoms with Crippen LogP contribution in [0.25, 0.3) is 5.69 Å². The number of ether oxygens (including phenoxy) is 1. The van der Waals surface area contributed by atoms with Crippen molar-refractivity contribution in [3.63, 3.8) is 0 Å². The molecule has 0 aliphatic rings. The summed E-state index contributed by atoms with van der Waals surface area (Å²) in [6.45, 7) is -0.239. The van der Waals surface area contributed by atoms with Gasteiger partial charge < -0.3 is 4.74 Å². The van der Waals surface area contributed by atoms with Crippen molar-refractivity contribution in [3.05, 3.63) is 63.3 Å². The van der Waals surface area contributed by atoms with Gasteiger partial charge in [0.25, 0.3) is 5.76 Å². The van der Waals surface area contributed by atoms with Crippen molar-refractivity contribution in [2.24, 2.45) is 7.05 Å². The second kappa shape index (κ2) is 8.05. The molecular formula is C16H12ClF3N4O2S. The van der Waals surface area contributed by atoms with Gasteiger partial charge in [-0.2, -0.15) is 18.1 Å². The van der Waals surface area contributed by atoms with E-state index in [0.717, 1.165) is 15.4 Å². The number of alkyl halides is 2. The summed E-state index contributed by atoms with van der Waals surface area (Å²) < 4.78 is 46.8. The van der Waals surface area contributed by atoms with Gasteiger partial charge in [-0.25, -0.2) is 9.18 Å². The summed E-state index contributed by atoms with van der Waals surface area (Å²) >= 11 is 6.27. The molecule has 0 aliphatic heterocycles. The third kappa shape index (κ3) is 4.28. The molecule has 2 aromatic carbocycles. The molecular weight excluding hydrogens is 405 g/mol. The molecule has 27 heavy (non-hydrogen) atoms. The second-order valence-corrected chi connectivity index (χ2v) is 6.73. The molecule has 3 rings (SSSR count).